The van der Waals surface area contributed by atoms with Crippen molar-refractivity contribution in [3.8, 4) is 6.07 Å². The zero-order chi connectivity index (χ0) is 19.7. The van der Waals surface area contributed by atoms with E-state index >= 15 is 0 Å². The Balaban J connectivity index is 1.38. The molecule has 3 fully saturated rings. The topological polar surface area (TPSA) is 85.2 Å². The molecule has 0 radical (unpaired) electrons. The normalized spacial score (nSPS) is 31.5. The number of likely N-dealkylation sites (tertiary alicyclic amines) is 1. The summed E-state index contributed by atoms with van der Waals surface area (Å²) in [6.07, 6.45) is 6.15. The fraction of sp³-hybridized carbons (Fsp3) is 0.684. The molecule has 150 valence electrons. The molecule has 2 saturated heterocycles. The lowest BCUT2D eigenvalue weighted by atomic mass is 9.73. The quantitative estimate of drug-likeness (QED) is 0.837. The van der Waals surface area contributed by atoms with Gasteiger partial charge in [-0.05, 0) is 30.7 Å². The lowest BCUT2D eigenvalue weighted by molar-refractivity contribution is -0.131. The van der Waals surface area contributed by atoms with Crippen LogP contribution >= 0.6 is 0 Å². The molecule has 1 aromatic rings. The van der Waals surface area contributed by atoms with Crippen molar-refractivity contribution in [2.24, 2.45) is 11.8 Å². The van der Waals surface area contributed by atoms with Gasteiger partial charge in [0.2, 0.25) is 11.9 Å². The molecule has 0 spiro atoms. The van der Waals surface area contributed by atoms with Crippen LogP contribution in [-0.4, -0.2) is 65.0 Å². The summed E-state index contributed by atoms with van der Waals surface area (Å²) in [5.74, 6) is -1.96. The smallest absolute Gasteiger partial charge is 0.268 e. The number of nitrogens with zero attached hydrogens (tertiary/aromatic N) is 5. The van der Waals surface area contributed by atoms with Gasteiger partial charge in [-0.1, -0.05) is 6.42 Å². The van der Waals surface area contributed by atoms with Crippen LogP contribution in [0.25, 0.3) is 0 Å². The van der Waals surface area contributed by atoms with Crippen LogP contribution < -0.4 is 10.2 Å². The third kappa shape index (κ3) is 3.78. The third-order valence-corrected chi connectivity index (χ3v) is 6.14. The van der Waals surface area contributed by atoms with Gasteiger partial charge in [0.1, 0.15) is 6.04 Å². The highest BCUT2D eigenvalue weighted by atomic mass is 19.3. The first-order valence-corrected chi connectivity index (χ1v) is 9.79. The number of alkyl halides is 2. The van der Waals surface area contributed by atoms with Crippen LogP contribution in [-0.2, 0) is 4.79 Å². The van der Waals surface area contributed by atoms with E-state index in [1.54, 1.807) is 18.5 Å². The molecule has 1 saturated carbocycles. The number of hydrogen-bond acceptors (Lipinski definition) is 6. The summed E-state index contributed by atoms with van der Waals surface area (Å²) in [4.78, 5) is 24.4. The number of halogens is 2. The van der Waals surface area contributed by atoms with Gasteiger partial charge in [0.25, 0.3) is 5.92 Å². The van der Waals surface area contributed by atoms with Crippen molar-refractivity contribution in [3.05, 3.63) is 18.5 Å². The van der Waals surface area contributed by atoms with Crippen molar-refractivity contribution in [1.82, 2.24) is 20.2 Å². The Hall–Kier alpha value is -2.34. The van der Waals surface area contributed by atoms with Gasteiger partial charge in [0.05, 0.1) is 19.2 Å². The van der Waals surface area contributed by atoms with Gasteiger partial charge in [0, 0.05) is 37.9 Å². The molecular formula is C19H24F2N6O. The summed E-state index contributed by atoms with van der Waals surface area (Å²) in [6.45, 7) is 0.958. The second-order valence-electron chi connectivity index (χ2n) is 8.04. The van der Waals surface area contributed by atoms with E-state index in [9.17, 15) is 13.6 Å². The molecule has 3 atom stereocenters. The number of amides is 1. The largest absolute Gasteiger partial charge is 0.340 e. The Morgan fingerprint density at radius 3 is 2.61 bits per heavy atom. The maximum atomic E-state index is 13.6. The molecule has 1 aliphatic carbocycles. The van der Waals surface area contributed by atoms with Crippen LogP contribution in [0.3, 0.4) is 0 Å². The van der Waals surface area contributed by atoms with E-state index in [1.807, 2.05) is 6.07 Å². The predicted molar refractivity (Wildman–Crippen MR) is 97.5 cm³/mol. The highest BCUT2D eigenvalue weighted by Gasteiger charge is 2.47. The van der Waals surface area contributed by atoms with Crippen molar-refractivity contribution in [3.63, 3.8) is 0 Å². The predicted octanol–water partition coefficient (Wildman–Crippen LogP) is 1.43. The summed E-state index contributed by atoms with van der Waals surface area (Å²) in [6, 6.07) is 2.75. The van der Waals surface area contributed by atoms with Crippen LogP contribution in [0, 0.1) is 23.2 Å². The minimum Gasteiger partial charge on any atom is -0.340 e. The monoisotopic (exact) mass is 390 g/mol. The number of nitrogens with one attached hydrogen (secondary N) is 1. The molecule has 0 aromatic carbocycles. The van der Waals surface area contributed by atoms with Crippen LogP contribution in [0.4, 0.5) is 14.7 Å². The minimum atomic E-state index is -2.98. The molecule has 1 aromatic heterocycles. The van der Waals surface area contributed by atoms with Gasteiger partial charge in [-0.2, -0.15) is 5.26 Å². The Bertz CT molecular complexity index is 741. The number of rotatable bonds is 4. The summed E-state index contributed by atoms with van der Waals surface area (Å²) >= 11 is 0. The van der Waals surface area contributed by atoms with Gasteiger partial charge < -0.3 is 15.1 Å². The Labute approximate surface area is 162 Å². The molecule has 3 heterocycles. The second-order valence-corrected chi connectivity index (χ2v) is 8.04. The standard InChI is InChI=1S/C19H24F2N6O/c20-19(21)7-15(8-22)27(12-19)16(28)9-25-17-13-3-1-4-14(17)11-26(10-13)18-23-5-2-6-24-18/h2,5-6,13-15,17,25H,1,3-4,7,9-12H2/t13?,14?,15-,17?/m0/s1. The van der Waals surface area contributed by atoms with Crippen molar-refractivity contribution in [2.45, 2.75) is 43.7 Å². The van der Waals surface area contributed by atoms with E-state index in [1.165, 1.54) is 0 Å². The maximum Gasteiger partial charge on any atom is 0.268 e. The Morgan fingerprint density at radius 1 is 1.29 bits per heavy atom. The average Bonchev–Trinajstić information content (AvgIpc) is 3.01. The second kappa shape index (κ2) is 7.59. The molecule has 9 heteroatoms. The first-order chi connectivity index (χ1) is 13.5. The number of aromatic nitrogens is 2. The summed E-state index contributed by atoms with van der Waals surface area (Å²) < 4.78 is 27.2. The van der Waals surface area contributed by atoms with Gasteiger partial charge in [0.15, 0.2) is 0 Å². The molecule has 1 amide bonds. The molecule has 2 bridgehead atoms. The first-order valence-electron chi connectivity index (χ1n) is 9.79. The van der Waals surface area contributed by atoms with Crippen LogP contribution in [0.5, 0.6) is 0 Å². The van der Waals surface area contributed by atoms with E-state index in [2.05, 4.69) is 20.2 Å². The van der Waals surface area contributed by atoms with Gasteiger partial charge in [-0.15, -0.1) is 0 Å². The fourth-order valence-electron chi connectivity index (χ4n) is 4.89. The number of fused-ring (bicyclic) bond motifs is 2. The zero-order valence-electron chi connectivity index (χ0n) is 15.6. The summed E-state index contributed by atoms with van der Waals surface area (Å²) in [7, 11) is 0. The molecule has 3 aliphatic rings. The lowest BCUT2D eigenvalue weighted by Gasteiger charge is -2.47. The highest BCUT2D eigenvalue weighted by Crippen LogP contribution is 2.36. The fourth-order valence-corrected chi connectivity index (χ4v) is 4.89. The molecule has 28 heavy (non-hydrogen) atoms. The molecule has 2 unspecified atom stereocenters. The van der Waals surface area contributed by atoms with E-state index < -0.39 is 30.8 Å². The first kappa shape index (κ1) is 19.0. The van der Waals surface area contributed by atoms with E-state index in [0.717, 1.165) is 43.2 Å². The number of carbonyl (C=O) groups is 1. The Kier molecular flexibility index (Phi) is 5.15. The maximum absolute atomic E-state index is 13.6. The van der Waals surface area contributed by atoms with Crippen molar-refractivity contribution < 1.29 is 13.6 Å². The number of nitriles is 1. The summed E-state index contributed by atoms with van der Waals surface area (Å²) in [5.41, 5.74) is 0. The van der Waals surface area contributed by atoms with Crippen molar-refractivity contribution in [1.29, 1.82) is 5.26 Å². The van der Waals surface area contributed by atoms with E-state index in [4.69, 9.17) is 5.26 Å². The van der Waals surface area contributed by atoms with Gasteiger partial charge in [-0.3, -0.25) is 4.79 Å². The van der Waals surface area contributed by atoms with Gasteiger partial charge >= 0.3 is 0 Å². The molecule has 4 rings (SSSR count). The number of carbonyl (C=O) groups excluding carboxylic acids is 1. The van der Waals surface area contributed by atoms with Crippen molar-refractivity contribution >= 4 is 11.9 Å². The SMILES string of the molecule is N#C[C@@H]1CC(F)(F)CN1C(=O)CNC1C2CCCC1CN(c1ncccn1)C2. The highest BCUT2D eigenvalue weighted by molar-refractivity contribution is 5.79. The van der Waals surface area contributed by atoms with Crippen LogP contribution in [0.2, 0.25) is 0 Å². The molecular weight excluding hydrogens is 366 g/mol. The zero-order valence-corrected chi connectivity index (χ0v) is 15.6. The molecule has 2 aliphatic heterocycles. The van der Waals surface area contributed by atoms with E-state index in [0.29, 0.717) is 11.8 Å². The van der Waals surface area contributed by atoms with Crippen LogP contribution in [0.1, 0.15) is 25.7 Å². The van der Waals surface area contributed by atoms with E-state index in [-0.39, 0.29) is 12.6 Å². The number of anilines is 1. The molecule has 1 N–H and O–H groups in total. The minimum absolute atomic E-state index is 0.00619. The number of hydrogen-bond donors (Lipinski definition) is 1. The Morgan fingerprint density at radius 2 is 1.96 bits per heavy atom. The average molecular weight is 390 g/mol. The van der Waals surface area contributed by atoms with Crippen molar-refractivity contribution in [2.75, 3.05) is 31.1 Å². The van der Waals surface area contributed by atoms with Crippen LogP contribution in [0.15, 0.2) is 18.5 Å². The molecule has 7 nitrogen and oxygen atoms in total. The lowest BCUT2D eigenvalue weighted by Crippen LogP contribution is -2.59. The van der Waals surface area contributed by atoms with Gasteiger partial charge in [-0.25, -0.2) is 18.7 Å². The number of piperidine rings is 1. The third-order valence-electron chi connectivity index (χ3n) is 6.14. The summed E-state index contributed by atoms with van der Waals surface area (Å²) in [5, 5.41) is 12.4.